The average Bonchev–Trinajstić information content (AvgIpc) is 3.14. The van der Waals surface area contributed by atoms with Crippen LogP contribution in [-0.4, -0.2) is 26.7 Å². The van der Waals surface area contributed by atoms with Crippen LogP contribution in [0, 0.1) is 5.92 Å². The number of anilines is 2. The van der Waals surface area contributed by atoms with Crippen molar-refractivity contribution in [3.63, 3.8) is 0 Å². The minimum Gasteiger partial charge on any atom is -0.461 e. The standard InChI is InChI=1S/C20H23N3O4S/c1-2-3-11-23-16-10-9-15(21-20(24)14-6-4-7-14)13-18(16)28(25,26)22-19(23)17-8-5-12-27-17/h5,8-10,12-14H,2-4,6-7,11H2,1H3,(H,21,24). The molecule has 1 amide bonds. The quantitative estimate of drug-likeness (QED) is 0.795. The Balaban J connectivity index is 1.72. The van der Waals surface area contributed by atoms with Crippen LogP contribution in [0.2, 0.25) is 0 Å². The lowest BCUT2D eigenvalue weighted by Crippen LogP contribution is -2.37. The van der Waals surface area contributed by atoms with E-state index in [4.69, 9.17) is 4.42 Å². The topological polar surface area (TPSA) is 92.0 Å². The Morgan fingerprint density at radius 2 is 2.14 bits per heavy atom. The van der Waals surface area contributed by atoms with Crippen LogP contribution in [0.25, 0.3) is 0 Å². The predicted octanol–water partition coefficient (Wildman–Crippen LogP) is 3.77. The summed E-state index contributed by atoms with van der Waals surface area (Å²) in [6.45, 7) is 2.69. The number of nitrogens with zero attached hydrogens (tertiary/aromatic N) is 2. The highest BCUT2D eigenvalue weighted by Gasteiger charge is 2.33. The zero-order valence-electron chi connectivity index (χ0n) is 15.7. The van der Waals surface area contributed by atoms with E-state index in [1.165, 1.54) is 12.3 Å². The van der Waals surface area contributed by atoms with Crippen molar-refractivity contribution in [1.29, 1.82) is 0 Å². The molecule has 0 spiro atoms. The number of fused-ring (bicyclic) bond motifs is 1. The van der Waals surface area contributed by atoms with E-state index in [1.54, 1.807) is 24.3 Å². The summed E-state index contributed by atoms with van der Waals surface area (Å²) >= 11 is 0. The molecule has 28 heavy (non-hydrogen) atoms. The molecule has 1 N–H and O–H groups in total. The Hall–Kier alpha value is -2.61. The van der Waals surface area contributed by atoms with Crippen molar-refractivity contribution in [2.24, 2.45) is 10.3 Å². The largest absolute Gasteiger partial charge is 0.461 e. The molecule has 2 aliphatic rings. The molecule has 1 aromatic heterocycles. The van der Waals surface area contributed by atoms with Crippen molar-refractivity contribution < 1.29 is 17.6 Å². The van der Waals surface area contributed by atoms with Gasteiger partial charge in [0.25, 0.3) is 10.0 Å². The number of amidine groups is 1. The van der Waals surface area contributed by atoms with Gasteiger partial charge in [-0.15, -0.1) is 4.40 Å². The number of nitrogens with one attached hydrogen (secondary N) is 1. The smallest absolute Gasteiger partial charge is 0.286 e. The third-order valence-electron chi connectivity index (χ3n) is 5.21. The highest BCUT2D eigenvalue weighted by Crippen LogP contribution is 2.36. The molecule has 0 bridgehead atoms. The molecule has 1 fully saturated rings. The van der Waals surface area contributed by atoms with Gasteiger partial charge < -0.3 is 14.6 Å². The Kier molecular flexibility index (Phi) is 4.97. The maximum absolute atomic E-state index is 12.9. The number of unbranched alkanes of at least 4 members (excludes halogenated alkanes) is 1. The fraction of sp³-hybridized carbons (Fsp3) is 0.400. The number of carbonyl (C=O) groups excluding carboxylic acids is 1. The molecular weight excluding hydrogens is 378 g/mol. The average molecular weight is 401 g/mol. The number of carbonyl (C=O) groups is 1. The van der Waals surface area contributed by atoms with Gasteiger partial charge in [0.2, 0.25) is 5.91 Å². The molecule has 8 heteroatoms. The van der Waals surface area contributed by atoms with Crippen LogP contribution in [-0.2, 0) is 14.8 Å². The van der Waals surface area contributed by atoms with Gasteiger partial charge in [-0.25, -0.2) is 0 Å². The zero-order valence-corrected chi connectivity index (χ0v) is 16.5. The van der Waals surface area contributed by atoms with E-state index in [1.807, 2.05) is 4.90 Å². The normalized spacial score (nSPS) is 18.2. The molecule has 148 valence electrons. The summed E-state index contributed by atoms with van der Waals surface area (Å²) in [5.41, 5.74) is 1.03. The minimum absolute atomic E-state index is 0.0252. The molecule has 1 aromatic carbocycles. The molecule has 1 aliphatic heterocycles. The number of sulfonamides is 1. The molecule has 1 saturated carbocycles. The van der Waals surface area contributed by atoms with Crippen LogP contribution in [0.3, 0.4) is 0 Å². The van der Waals surface area contributed by atoms with Gasteiger partial charge in [0.05, 0.1) is 12.0 Å². The second-order valence-corrected chi connectivity index (χ2v) is 8.74. The SMILES string of the molecule is CCCCN1C(c2ccco2)=NS(=O)(=O)c2cc(NC(=O)C3CCC3)ccc21. The number of hydrogen-bond acceptors (Lipinski definition) is 5. The lowest BCUT2D eigenvalue weighted by molar-refractivity contribution is -0.122. The van der Waals surface area contributed by atoms with Crippen molar-refractivity contribution in [3.05, 3.63) is 42.4 Å². The molecular formula is C20H23N3O4S. The minimum atomic E-state index is -3.91. The Morgan fingerprint density at radius 1 is 1.32 bits per heavy atom. The van der Waals surface area contributed by atoms with Gasteiger partial charge in [-0.3, -0.25) is 4.79 Å². The van der Waals surface area contributed by atoms with E-state index in [-0.39, 0.29) is 22.6 Å². The summed E-state index contributed by atoms with van der Waals surface area (Å²) in [7, 11) is -3.91. The summed E-state index contributed by atoms with van der Waals surface area (Å²) in [6.07, 6.45) is 6.16. The number of furan rings is 1. The van der Waals surface area contributed by atoms with E-state index in [2.05, 4.69) is 16.6 Å². The monoisotopic (exact) mass is 401 g/mol. The Labute approximate surface area is 164 Å². The van der Waals surface area contributed by atoms with Gasteiger partial charge >= 0.3 is 0 Å². The lowest BCUT2D eigenvalue weighted by Gasteiger charge is -2.30. The summed E-state index contributed by atoms with van der Waals surface area (Å²) in [5.74, 6) is 0.671. The molecule has 0 radical (unpaired) electrons. The van der Waals surface area contributed by atoms with Crippen molar-refractivity contribution in [1.82, 2.24) is 0 Å². The first kappa shape index (κ1) is 18.7. The molecule has 2 aromatic rings. The van der Waals surface area contributed by atoms with E-state index in [0.717, 1.165) is 32.1 Å². The molecule has 4 rings (SSSR count). The second-order valence-electron chi connectivity index (χ2n) is 7.17. The van der Waals surface area contributed by atoms with Crippen LogP contribution in [0.4, 0.5) is 11.4 Å². The predicted molar refractivity (Wildman–Crippen MR) is 107 cm³/mol. The van der Waals surface area contributed by atoms with Crippen molar-refractivity contribution in [2.45, 2.75) is 43.9 Å². The molecule has 7 nitrogen and oxygen atoms in total. The first-order valence-corrected chi connectivity index (χ1v) is 11.0. The third-order valence-corrected chi connectivity index (χ3v) is 6.51. The van der Waals surface area contributed by atoms with Crippen LogP contribution < -0.4 is 10.2 Å². The van der Waals surface area contributed by atoms with Crippen molar-refractivity contribution in [2.75, 3.05) is 16.8 Å². The zero-order chi connectivity index (χ0) is 19.7. The number of rotatable bonds is 6. The maximum atomic E-state index is 12.9. The molecule has 1 aliphatic carbocycles. The van der Waals surface area contributed by atoms with Crippen LogP contribution >= 0.6 is 0 Å². The Bertz CT molecular complexity index is 1010. The van der Waals surface area contributed by atoms with Gasteiger partial charge in [0.15, 0.2) is 11.6 Å². The van der Waals surface area contributed by atoms with E-state index in [9.17, 15) is 13.2 Å². The lowest BCUT2D eigenvalue weighted by atomic mass is 9.85. The number of amides is 1. The van der Waals surface area contributed by atoms with Crippen molar-refractivity contribution in [3.8, 4) is 0 Å². The molecule has 0 atom stereocenters. The fourth-order valence-corrected chi connectivity index (χ4v) is 4.62. The summed E-state index contributed by atoms with van der Waals surface area (Å²) in [4.78, 5) is 14.2. The van der Waals surface area contributed by atoms with E-state index < -0.39 is 10.0 Å². The second kappa shape index (κ2) is 7.43. The first-order valence-electron chi connectivity index (χ1n) is 9.61. The van der Waals surface area contributed by atoms with E-state index in [0.29, 0.717) is 23.7 Å². The van der Waals surface area contributed by atoms with Crippen LogP contribution in [0.1, 0.15) is 44.8 Å². The van der Waals surface area contributed by atoms with Gasteiger partial charge in [0, 0.05) is 18.2 Å². The van der Waals surface area contributed by atoms with Gasteiger partial charge in [-0.1, -0.05) is 19.8 Å². The number of hydrogen-bond donors (Lipinski definition) is 1. The van der Waals surface area contributed by atoms with Gasteiger partial charge in [-0.05, 0) is 49.6 Å². The summed E-state index contributed by atoms with van der Waals surface area (Å²) in [6, 6.07) is 8.39. The molecule has 0 saturated heterocycles. The maximum Gasteiger partial charge on any atom is 0.286 e. The summed E-state index contributed by atoms with van der Waals surface area (Å²) in [5, 5.41) is 2.84. The van der Waals surface area contributed by atoms with Crippen LogP contribution in [0.15, 0.2) is 50.3 Å². The highest BCUT2D eigenvalue weighted by atomic mass is 32.2. The summed E-state index contributed by atoms with van der Waals surface area (Å²) < 4.78 is 35.2. The van der Waals surface area contributed by atoms with E-state index >= 15 is 0 Å². The highest BCUT2D eigenvalue weighted by molar-refractivity contribution is 7.90. The van der Waals surface area contributed by atoms with Crippen LogP contribution in [0.5, 0.6) is 0 Å². The molecule has 0 unspecified atom stereocenters. The fourth-order valence-electron chi connectivity index (χ4n) is 3.39. The van der Waals surface area contributed by atoms with Crippen molar-refractivity contribution >= 4 is 33.1 Å². The number of benzene rings is 1. The van der Waals surface area contributed by atoms with Gasteiger partial charge in [-0.2, -0.15) is 8.42 Å². The third kappa shape index (κ3) is 3.44. The molecule has 2 heterocycles. The first-order chi connectivity index (χ1) is 13.5. The Morgan fingerprint density at radius 3 is 2.79 bits per heavy atom. The van der Waals surface area contributed by atoms with Gasteiger partial charge in [0.1, 0.15) is 4.90 Å².